The number of hydrogen-bond donors (Lipinski definition) is 1. The molecular weight excluding hydrogens is 204 g/mol. The zero-order valence-electron chi connectivity index (χ0n) is 10.0. The second-order valence-corrected chi connectivity index (χ2v) is 3.88. The quantitative estimate of drug-likeness (QED) is 0.796. The molecule has 0 heterocycles. The van der Waals surface area contributed by atoms with E-state index in [1.165, 1.54) is 0 Å². The summed E-state index contributed by atoms with van der Waals surface area (Å²) < 4.78 is 4.86. The number of phenols is 1. The van der Waals surface area contributed by atoms with Crippen LogP contribution in [-0.2, 0) is 16.0 Å². The van der Waals surface area contributed by atoms with E-state index < -0.39 is 0 Å². The van der Waals surface area contributed by atoms with Crippen molar-refractivity contribution in [1.82, 2.24) is 0 Å². The fourth-order valence-electron chi connectivity index (χ4n) is 1.67. The van der Waals surface area contributed by atoms with E-state index in [2.05, 4.69) is 0 Å². The van der Waals surface area contributed by atoms with Crippen molar-refractivity contribution in [2.24, 2.45) is 0 Å². The predicted molar refractivity (Wildman–Crippen MR) is 62.5 cm³/mol. The third-order valence-corrected chi connectivity index (χ3v) is 2.47. The van der Waals surface area contributed by atoms with Gasteiger partial charge >= 0.3 is 5.97 Å². The van der Waals surface area contributed by atoms with Gasteiger partial charge in [-0.3, -0.25) is 4.79 Å². The number of ether oxygens (including phenoxy) is 1. The Morgan fingerprint density at radius 1 is 1.31 bits per heavy atom. The normalized spacial score (nSPS) is 10.2. The Labute approximate surface area is 96.1 Å². The topological polar surface area (TPSA) is 46.5 Å². The van der Waals surface area contributed by atoms with Crippen LogP contribution in [0.3, 0.4) is 0 Å². The van der Waals surface area contributed by atoms with Gasteiger partial charge in [-0.25, -0.2) is 0 Å². The maximum Gasteiger partial charge on any atom is 0.306 e. The van der Waals surface area contributed by atoms with Crippen LogP contribution in [0.15, 0.2) is 12.1 Å². The number of benzene rings is 1. The summed E-state index contributed by atoms with van der Waals surface area (Å²) in [5, 5.41) is 9.60. The van der Waals surface area contributed by atoms with Crippen LogP contribution in [-0.4, -0.2) is 17.7 Å². The number of aromatic hydroxyl groups is 1. The molecule has 0 aromatic heterocycles. The molecule has 16 heavy (non-hydrogen) atoms. The Kier molecular flexibility index (Phi) is 4.35. The van der Waals surface area contributed by atoms with Gasteiger partial charge in [0, 0.05) is 6.42 Å². The number of aryl methyl sites for hydroxylation is 3. The maximum absolute atomic E-state index is 11.2. The Hall–Kier alpha value is -1.51. The highest BCUT2D eigenvalue weighted by Gasteiger charge is 2.06. The number of phenolic OH excluding ortho intramolecular Hbond substituents is 1. The van der Waals surface area contributed by atoms with Gasteiger partial charge in [-0.2, -0.15) is 0 Å². The van der Waals surface area contributed by atoms with Gasteiger partial charge in [0.25, 0.3) is 0 Å². The molecule has 0 aliphatic carbocycles. The summed E-state index contributed by atoms with van der Waals surface area (Å²) in [5.41, 5.74) is 2.75. The second kappa shape index (κ2) is 5.54. The number of carbonyl (C=O) groups excluding carboxylic acids is 1. The van der Waals surface area contributed by atoms with Crippen molar-refractivity contribution in [1.29, 1.82) is 0 Å². The van der Waals surface area contributed by atoms with E-state index >= 15 is 0 Å². The lowest BCUT2D eigenvalue weighted by Crippen LogP contribution is -2.05. The second-order valence-electron chi connectivity index (χ2n) is 3.88. The molecule has 0 atom stereocenters. The smallest absolute Gasteiger partial charge is 0.306 e. The highest BCUT2D eigenvalue weighted by Crippen LogP contribution is 2.23. The van der Waals surface area contributed by atoms with Crippen LogP contribution < -0.4 is 0 Å². The van der Waals surface area contributed by atoms with Gasteiger partial charge in [-0.05, 0) is 43.9 Å². The minimum Gasteiger partial charge on any atom is -0.507 e. The van der Waals surface area contributed by atoms with Gasteiger partial charge in [-0.15, -0.1) is 0 Å². The number of carbonyl (C=O) groups is 1. The fourth-order valence-corrected chi connectivity index (χ4v) is 1.67. The Morgan fingerprint density at radius 2 is 1.88 bits per heavy atom. The summed E-state index contributed by atoms with van der Waals surface area (Å²) in [6.45, 7) is 5.94. The first kappa shape index (κ1) is 12.6. The van der Waals surface area contributed by atoms with Crippen LogP contribution in [0.1, 0.15) is 30.0 Å². The third-order valence-electron chi connectivity index (χ3n) is 2.47. The Morgan fingerprint density at radius 3 is 2.38 bits per heavy atom. The van der Waals surface area contributed by atoms with Crippen LogP contribution in [0, 0.1) is 13.8 Å². The lowest BCUT2D eigenvalue weighted by molar-refractivity contribution is -0.143. The molecule has 0 unspecified atom stereocenters. The molecule has 0 amide bonds. The first-order chi connectivity index (χ1) is 7.54. The summed E-state index contributed by atoms with van der Waals surface area (Å²) in [6, 6.07) is 3.81. The summed E-state index contributed by atoms with van der Waals surface area (Å²) in [7, 11) is 0. The van der Waals surface area contributed by atoms with Crippen LogP contribution in [0.4, 0.5) is 0 Å². The first-order valence-electron chi connectivity index (χ1n) is 5.49. The summed E-state index contributed by atoms with van der Waals surface area (Å²) in [4.78, 5) is 11.2. The highest BCUT2D eigenvalue weighted by molar-refractivity contribution is 5.69. The molecule has 3 nitrogen and oxygen atoms in total. The van der Waals surface area contributed by atoms with Crippen LogP contribution in [0.5, 0.6) is 5.75 Å². The van der Waals surface area contributed by atoms with Crippen molar-refractivity contribution in [2.45, 2.75) is 33.6 Å². The van der Waals surface area contributed by atoms with Crippen molar-refractivity contribution in [3.63, 3.8) is 0 Å². The van der Waals surface area contributed by atoms with E-state index in [4.69, 9.17) is 4.74 Å². The van der Waals surface area contributed by atoms with Crippen molar-refractivity contribution >= 4 is 5.97 Å². The SMILES string of the molecule is CCOC(=O)CCc1cc(C)c(O)c(C)c1. The summed E-state index contributed by atoms with van der Waals surface area (Å²) >= 11 is 0. The van der Waals surface area contributed by atoms with E-state index in [0.29, 0.717) is 25.2 Å². The minimum atomic E-state index is -0.175. The third kappa shape index (κ3) is 3.26. The maximum atomic E-state index is 11.2. The number of hydrogen-bond acceptors (Lipinski definition) is 3. The van der Waals surface area contributed by atoms with Crippen molar-refractivity contribution in [3.8, 4) is 5.75 Å². The lowest BCUT2D eigenvalue weighted by atomic mass is 10.0. The van der Waals surface area contributed by atoms with Crippen molar-refractivity contribution < 1.29 is 14.6 Å². The van der Waals surface area contributed by atoms with Crippen molar-refractivity contribution in [2.75, 3.05) is 6.61 Å². The molecule has 0 bridgehead atoms. The molecule has 1 N–H and O–H groups in total. The Balaban J connectivity index is 2.65. The molecule has 0 saturated heterocycles. The van der Waals surface area contributed by atoms with E-state index in [1.807, 2.05) is 26.0 Å². The summed E-state index contributed by atoms with van der Waals surface area (Å²) in [5.74, 6) is 0.158. The molecule has 0 fully saturated rings. The molecule has 0 aliphatic rings. The average molecular weight is 222 g/mol. The van der Waals surface area contributed by atoms with E-state index in [0.717, 1.165) is 16.7 Å². The van der Waals surface area contributed by atoms with Crippen LogP contribution in [0.25, 0.3) is 0 Å². The number of rotatable bonds is 4. The van der Waals surface area contributed by atoms with Crippen LogP contribution >= 0.6 is 0 Å². The number of esters is 1. The average Bonchev–Trinajstić information content (AvgIpc) is 2.23. The van der Waals surface area contributed by atoms with Gasteiger partial charge in [0.05, 0.1) is 6.61 Å². The molecule has 0 radical (unpaired) electrons. The molecule has 1 rings (SSSR count). The lowest BCUT2D eigenvalue weighted by Gasteiger charge is -2.07. The van der Waals surface area contributed by atoms with Gasteiger partial charge in [0.15, 0.2) is 0 Å². The monoisotopic (exact) mass is 222 g/mol. The molecule has 1 aromatic carbocycles. The van der Waals surface area contributed by atoms with Gasteiger partial charge < -0.3 is 9.84 Å². The van der Waals surface area contributed by atoms with Gasteiger partial charge in [0.2, 0.25) is 0 Å². The molecule has 1 aromatic rings. The van der Waals surface area contributed by atoms with Crippen molar-refractivity contribution in [3.05, 3.63) is 28.8 Å². The zero-order valence-corrected chi connectivity index (χ0v) is 10.0. The predicted octanol–water partition coefficient (Wildman–Crippen LogP) is 2.50. The van der Waals surface area contributed by atoms with E-state index in [9.17, 15) is 9.90 Å². The van der Waals surface area contributed by atoms with E-state index in [-0.39, 0.29) is 5.97 Å². The first-order valence-corrected chi connectivity index (χ1v) is 5.49. The van der Waals surface area contributed by atoms with E-state index in [1.54, 1.807) is 6.92 Å². The molecular formula is C13H18O3. The van der Waals surface area contributed by atoms with Gasteiger partial charge in [-0.1, -0.05) is 12.1 Å². The molecule has 0 spiro atoms. The zero-order chi connectivity index (χ0) is 12.1. The standard InChI is InChI=1S/C13H18O3/c1-4-16-12(14)6-5-11-7-9(2)13(15)10(3)8-11/h7-8,15H,4-6H2,1-3H3. The Bertz CT molecular complexity index is 360. The molecule has 88 valence electrons. The van der Waals surface area contributed by atoms with Crippen LogP contribution in [0.2, 0.25) is 0 Å². The largest absolute Gasteiger partial charge is 0.507 e. The fraction of sp³-hybridized carbons (Fsp3) is 0.462. The molecule has 3 heteroatoms. The minimum absolute atomic E-state index is 0.175. The molecule has 0 aliphatic heterocycles. The highest BCUT2D eigenvalue weighted by atomic mass is 16.5. The molecule has 0 saturated carbocycles. The van der Waals surface area contributed by atoms with Gasteiger partial charge in [0.1, 0.15) is 5.75 Å². The summed E-state index contributed by atoms with van der Waals surface area (Å²) in [6.07, 6.45) is 1.04.